The molecule has 1 aliphatic heterocycles. The zero-order chi connectivity index (χ0) is 19.3. The SMILES string of the molecule is Cc1c(F)cc(C(=O)N2CCc3[nH]c4c(Br)cccc4c3C2)cc1[N+](=O)[O-]. The normalized spacial score (nSPS) is 13.7. The summed E-state index contributed by atoms with van der Waals surface area (Å²) in [5.74, 6) is -1.16. The molecule has 1 aliphatic rings. The second-order valence-corrected chi connectivity index (χ2v) is 7.43. The van der Waals surface area contributed by atoms with E-state index in [-0.39, 0.29) is 16.8 Å². The van der Waals surface area contributed by atoms with Crippen molar-refractivity contribution in [3.63, 3.8) is 0 Å². The number of hydrogen-bond donors (Lipinski definition) is 1. The highest BCUT2D eigenvalue weighted by Gasteiger charge is 2.27. The smallest absolute Gasteiger partial charge is 0.276 e. The summed E-state index contributed by atoms with van der Waals surface area (Å²) < 4.78 is 15.0. The summed E-state index contributed by atoms with van der Waals surface area (Å²) in [4.78, 5) is 28.4. The first-order chi connectivity index (χ1) is 12.9. The number of H-pyrrole nitrogens is 1. The number of nitro benzene ring substituents is 1. The molecule has 1 N–H and O–H groups in total. The minimum atomic E-state index is -0.749. The van der Waals surface area contributed by atoms with Gasteiger partial charge >= 0.3 is 0 Å². The minimum Gasteiger partial charge on any atom is -0.357 e. The number of rotatable bonds is 2. The van der Waals surface area contributed by atoms with Gasteiger partial charge in [-0.1, -0.05) is 12.1 Å². The van der Waals surface area contributed by atoms with Crippen molar-refractivity contribution >= 4 is 38.4 Å². The maximum atomic E-state index is 14.1. The second-order valence-electron chi connectivity index (χ2n) is 6.58. The molecule has 0 fully saturated rings. The number of para-hydroxylation sites is 1. The van der Waals surface area contributed by atoms with Crippen LogP contribution in [-0.2, 0) is 13.0 Å². The van der Waals surface area contributed by atoms with Crippen molar-refractivity contribution in [2.45, 2.75) is 19.9 Å². The number of benzene rings is 2. The standard InChI is InChI=1S/C19H15BrFN3O3/c1-10-15(21)7-11(8-17(10)24(26)27)19(25)23-6-5-16-13(9-23)12-3-2-4-14(20)18(12)22-16/h2-4,7-8,22H,5-6,9H2,1H3. The molecule has 4 rings (SSSR count). The number of nitrogens with one attached hydrogen (secondary N) is 1. The fraction of sp³-hybridized carbons (Fsp3) is 0.211. The van der Waals surface area contributed by atoms with Crippen molar-refractivity contribution in [3.8, 4) is 0 Å². The van der Waals surface area contributed by atoms with Gasteiger partial charge in [-0.25, -0.2) is 4.39 Å². The lowest BCUT2D eigenvalue weighted by Gasteiger charge is -2.27. The van der Waals surface area contributed by atoms with Crippen molar-refractivity contribution in [2.24, 2.45) is 0 Å². The van der Waals surface area contributed by atoms with Crippen LogP contribution in [0.5, 0.6) is 0 Å². The average Bonchev–Trinajstić information content (AvgIpc) is 3.02. The minimum absolute atomic E-state index is 0.00530. The number of fused-ring (bicyclic) bond motifs is 3. The van der Waals surface area contributed by atoms with Crippen LogP contribution < -0.4 is 0 Å². The zero-order valence-electron chi connectivity index (χ0n) is 14.4. The van der Waals surface area contributed by atoms with Gasteiger partial charge in [0, 0.05) is 52.3 Å². The van der Waals surface area contributed by atoms with Crippen molar-refractivity contribution in [3.05, 3.63) is 73.1 Å². The predicted molar refractivity (Wildman–Crippen MR) is 102 cm³/mol. The topological polar surface area (TPSA) is 79.2 Å². The molecule has 0 saturated carbocycles. The molecule has 0 radical (unpaired) electrons. The van der Waals surface area contributed by atoms with Crippen molar-refractivity contribution in [1.82, 2.24) is 9.88 Å². The number of carbonyl (C=O) groups excluding carboxylic acids is 1. The first-order valence-corrected chi connectivity index (χ1v) is 9.18. The van der Waals surface area contributed by atoms with Crippen molar-refractivity contribution in [2.75, 3.05) is 6.54 Å². The first-order valence-electron chi connectivity index (χ1n) is 8.38. The van der Waals surface area contributed by atoms with Crippen molar-refractivity contribution in [1.29, 1.82) is 0 Å². The van der Waals surface area contributed by atoms with E-state index in [0.29, 0.717) is 19.5 Å². The fourth-order valence-electron chi connectivity index (χ4n) is 3.54. The molecule has 0 spiro atoms. The van der Waals surface area contributed by atoms with E-state index in [1.165, 1.54) is 6.92 Å². The molecule has 2 aromatic carbocycles. The Labute approximate surface area is 162 Å². The Balaban J connectivity index is 1.70. The van der Waals surface area contributed by atoms with Crippen LogP contribution in [0, 0.1) is 22.9 Å². The lowest BCUT2D eigenvalue weighted by molar-refractivity contribution is -0.385. The summed E-state index contributed by atoms with van der Waals surface area (Å²) in [5.41, 5.74) is 2.61. The Kier molecular flexibility index (Phi) is 4.22. The molecule has 2 heterocycles. The number of nitro groups is 1. The number of aromatic amines is 1. The molecule has 0 unspecified atom stereocenters. The Morgan fingerprint density at radius 3 is 2.89 bits per heavy atom. The summed E-state index contributed by atoms with van der Waals surface area (Å²) in [6.45, 7) is 2.16. The summed E-state index contributed by atoms with van der Waals surface area (Å²) in [6, 6.07) is 8.09. The fourth-order valence-corrected chi connectivity index (χ4v) is 4.00. The summed E-state index contributed by atoms with van der Waals surface area (Å²) in [5, 5.41) is 12.2. The molecule has 0 aliphatic carbocycles. The lowest BCUT2D eigenvalue weighted by Crippen LogP contribution is -2.35. The van der Waals surface area contributed by atoms with E-state index in [9.17, 15) is 19.3 Å². The monoisotopic (exact) mass is 431 g/mol. The molecule has 3 aromatic rings. The third-order valence-electron chi connectivity index (χ3n) is 5.01. The molecule has 27 heavy (non-hydrogen) atoms. The van der Waals surface area contributed by atoms with E-state index in [1.54, 1.807) is 4.90 Å². The van der Waals surface area contributed by atoms with Gasteiger partial charge in [0.05, 0.1) is 16.0 Å². The van der Waals surface area contributed by atoms with Crippen LogP contribution in [0.1, 0.15) is 27.2 Å². The molecular formula is C19H15BrFN3O3. The molecule has 8 heteroatoms. The van der Waals surface area contributed by atoms with Gasteiger partial charge < -0.3 is 9.88 Å². The van der Waals surface area contributed by atoms with Gasteiger partial charge in [-0.2, -0.15) is 0 Å². The second kappa shape index (κ2) is 6.45. The largest absolute Gasteiger partial charge is 0.357 e. The molecule has 1 amide bonds. The Morgan fingerprint density at radius 1 is 1.37 bits per heavy atom. The van der Waals surface area contributed by atoms with Crippen LogP contribution in [0.15, 0.2) is 34.8 Å². The molecule has 1 aromatic heterocycles. The third-order valence-corrected chi connectivity index (χ3v) is 5.67. The number of amides is 1. The van der Waals surface area contributed by atoms with Gasteiger partial charge in [-0.05, 0) is 35.0 Å². The summed E-state index contributed by atoms with van der Waals surface area (Å²) in [6.07, 6.45) is 0.638. The van der Waals surface area contributed by atoms with Crippen LogP contribution in [0.3, 0.4) is 0 Å². The van der Waals surface area contributed by atoms with E-state index in [1.807, 2.05) is 18.2 Å². The lowest BCUT2D eigenvalue weighted by atomic mass is 10.0. The molecule has 0 atom stereocenters. The number of halogens is 2. The molecular weight excluding hydrogens is 417 g/mol. The highest BCUT2D eigenvalue weighted by molar-refractivity contribution is 9.10. The summed E-state index contributed by atoms with van der Waals surface area (Å²) in [7, 11) is 0. The molecule has 0 saturated heterocycles. The van der Waals surface area contributed by atoms with Gasteiger partial charge in [-0.3, -0.25) is 14.9 Å². The van der Waals surface area contributed by atoms with Crippen LogP contribution in [0.2, 0.25) is 0 Å². The number of nitrogens with zero attached hydrogens (tertiary/aromatic N) is 2. The van der Waals surface area contributed by atoms with Crippen LogP contribution in [0.25, 0.3) is 10.9 Å². The van der Waals surface area contributed by atoms with Gasteiger partial charge in [0.25, 0.3) is 11.6 Å². The Bertz CT molecular complexity index is 1110. The van der Waals surface area contributed by atoms with E-state index < -0.39 is 16.6 Å². The number of carbonyl (C=O) groups is 1. The summed E-state index contributed by atoms with van der Waals surface area (Å²) >= 11 is 3.52. The number of aromatic nitrogens is 1. The van der Waals surface area contributed by atoms with E-state index in [4.69, 9.17) is 0 Å². The van der Waals surface area contributed by atoms with Gasteiger partial charge in [0.1, 0.15) is 5.82 Å². The van der Waals surface area contributed by atoms with Crippen molar-refractivity contribution < 1.29 is 14.1 Å². The highest BCUT2D eigenvalue weighted by atomic mass is 79.9. The highest BCUT2D eigenvalue weighted by Crippen LogP contribution is 2.32. The van der Waals surface area contributed by atoms with E-state index >= 15 is 0 Å². The van der Waals surface area contributed by atoms with Crippen LogP contribution >= 0.6 is 15.9 Å². The van der Waals surface area contributed by atoms with Crippen LogP contribution in [-0.4, -0.2) is 27.3 Å². The number of hydrogen-bond acceptors (Lipinski definition) is 3. The quantitative estimate of drug-likeness (QED) is 0.479. The predicted octanol–water partition coefficient (Wildman–Crippen LogP) is 4.48. The maximum absolute atomic E-state index is 14.1. The van der Waals surface area contributed by atoms with Gasteiger partial charge in [0.15, 0.2) is 0 Å². The zero-order valence-corrected chi connectivity index (χ0v) is 16.0. The van der Waals surface area contributed by atoms with Gasteiger partial charge in [-0.15, -0.1) is 0 Å². The van der Waals surface area contributed by atoms with E-state index in [0.717, 1.165) is 38.8 Å². The van der Waals surface area contributed by atoms with E-state index in [2.05, 4.69) is 20.9 Å². The third kappa shape index (κ3) is 2.90. The molecule has 0 bridgehead atoms. The average molecular weight is 432 g/mol. The maximum Gasteiger partial charge on any atom is 0.276 e. The Hall–Kier alpha value is -2.74. The van der Waals surface area contributed by atoms with Crippen LogP contribution in [0.4, 0.5) is 10.1 Å². The first kappa shape index (κ1) is 17.7. The van der Waals surface area contributed by atoms with Gasteiger partial charge in [0.2, 0.25) is 0 Å². The molecule has 138 valence electrons. The molecule has 6 nitrogen and oxygen atoms in total. The Morgan fingerprint density at radius 2 is 2.15 bits per heavy atom.